The molecule has 0 heterocycles. The van der Waals surface area contributed by atoms with E-state index in [2.05, 4.69) is 21.6 Å². The number of rotatable bonds is 4. The Morgan fingerprint density at radius 1 is 1.43 bits per heavy atom. The van der Waals surface area contributed by atoms with Gasteiger partial charge >= 0.3 is 0 Å². The van der Waals surface area contributed by atoms with Gasteiger partial charge in [0.15, 0.2) is 0 Å². The maximum atomic E-state index is 5.00. The molecule has 0 saturated heterocycles. The van der Waals surface area contributed by atoms with Crippen LogP contribution in [0.15, 0.2) is 0 Å². The Morgan fingerprint density at radius 3 is 2.57 bits per heavy atom. The molecule has 0 rings (SSSR count). The molecule has 0 saturated carbocycles. The van der Waals surface area contributed by atoms with Crippen LogP contribution in [-0.2, 0) is 4.84 Å². The minimum atomic E-state index is 0.261. The summed E-state index contributed by atoms with van der Waals surface area (Å²) in [6.45, 7) is 0.626. The summed E-state index contributed by atoms with van der Waals surface area (Å²) in [6, 6.07) is 0. The van der Waals surface area contributed by atoms with Crippen LogP contribution in [0.3, 0.4) is 0 Å². The van der Waals surface area contributed by atoms with Gasteiger partial charge in [0.2, 0.25) is 0 Å². The first-order valence-corrected chi connectivity index (χ1v) is 1.89. The SMILES string of the molecule is NCNNCON. The Morgan fingerprint density at radius 2 is 2.14 bits per heavy atom. The normalized spacial score (nSPS) is 9.43. The lowest BCUT2D eigenvalue weighted by molar-refractivity contribution is 0.109. The van der Waals surface area contributed by atoms with E-state index < -0.39 is 0 Å². The average Bonchev–Trinajstić information content (AvgIpc) is 1.69. The minimum Gasteiger partial charge on any atom is -0.317 e. The summed E-state index contributed by atoms with van der Waals surface area (Å²) < 4.78 is 0. The van der Waals surface area contributed by atoms with E-state index in [9.17, 15) is 0 Å². The van der Waals surface area contributed by atoms with Crippen LogP contribution in [0.4, 0.5) is 0 Å². The zero-order valence-electron chi connectivity index (χ0n) is 3.98. The van der Waals surface area contributed by atoms with E-state index in [1.165, 1.54) is 0 Å². The Bertz CT molecular complexity index is 28.9. The molecule has 0 aromatic carbocycles. The number of nitrogens with one attached hydrogen (secondary N) is 2. The molecule has 44 valence electrons. The largest absolute Gasteiger partial charge is 0.317 e. The molecule has 0 aliphatic heterocycles. The van der Waals surface area contributed by atoms with Gasteiger partial charge < -0.3 is 5.73 Å². The number of hydrogen-bond acceptors (Lipinski definition) is 5. The zero-order chi connectivity index (χ0) is 5.54. The molecule has 0 aliphatic rings. The second-order valence-corrected chi connectivity index (χ2v) is 0.869. The fourth-order valence-electron chi connectivity index (χ4n) is 0.165. The third kappa shape index (κ3) is 5.80. The summed E-state index contributed by atoms with van der Waals surface area (Å²) in [5.41, 5.74) is 10.1. The smallest absolute Gasteiger partial charge is 0.130 e. The van der Waals surface area contributed by atoms with E-state index in [1.807, 2.05) is 0 Å². The van der Waals surface area contributed by atoms with E-state index in [1.54, 1.807) is 0 Å². The molecule has 5 nitrogen and oxygen atoms in total. The van der Waals surface area contributed by atoms with Crippen molar-refractivity contribution in [2.75, 3.05) is 13.4 Å². The molecule has 0 aromatic rings. The van der Waals surface area contributed by atoms with Crippen LogP contribution in [0, 0.1) is 0 Å². The molecule has 7 heavy (non-hydrogen) atoms. The van der Waals surface area contributed by atoms with Crippen LogP contribution in [0.1, 0.15) is 0 Å². The van der Waals surface area contributed by atoms with Gasteiger partial charge in [0.25, 0.3) is 0 Å². The molecule has 0 spiro atoms. The maximum Gasteiger partial charge on any atom is 0.130 e. The van der Waals surface area contributed by atoms with Gasteiger partial charge in [-0.05, 0) is 0 Å². The van der Waals surface area contributed by atoms with E-state index in [0.717, 1.165) is 0 Å². The molecule has 0 bridgehead atoms. The van der Waals surface area contributed by atoms with Crippen LogP contribution in [0.25, 0.3) is 0 Å². The second-order valence-electron chi connectivity index (χ2n) is 0.869. The molecule has 0 atom stereocenters. The van der Waals surface area contributed by atoms with Crippen LogP contribution >= 0.6 is 0 Å². The molecule has 6 N–H and O–H groups in total. The van der Waals surface area contributed by atoms with Crippen LogP contribution < -0.4 is 22.5 Å². The first-order chi connectivity index (χ1) is 3.41. The van der Waals surface area contributed by atoms with Crippen molar-refractivity contribution < 1.29 is 4.84 Å². The van der Waals surface area contributed by atoms with Crippen molar-refractivity contribution in [1.82, 2.24) is 10.9 Å². The van der Waals surface area contributed by atoms with Gasteiger partial charge in [0.1, 0.15) is 6.73 Å². The van der Waals surface area contributed by atoms with Gasteiger partial charge in [-0.1, -0.05) is 0 Å². The Hall–Kier alpha value is -0.200. The fourth-order valence-corrected chi connectivity index (χ4v) is 0.165. The lowest BCUT2D eigenvalue weighted by atomic mass is 11.2. The Kier molecular flexibility index (Phi) is 5.63. The lowest BCUT2D eigenvalue weighted by Gasteiger charge is -1.99. The highest BCUT2D eigenvalue weighted by Gasteiger charge is 1.73. The molecule has 0 aromatic heterocycles. The summed E-state index contributed by atoms with van der Waals surface area (Å²) >= 11 is 0. The third-order valence-corrected chi connectivity index (χ3v) is 0.383. The van der Waals surface area contributed by atoms with E-state index in [-0.39, 0.29) is 6.73 Å². The molecule has 0 amide bonds. The molecule has 0 radical (unpaired) electrons. The van der Waals surface area contributed by atoms with Gasteiger partial charge in [0, 0.05) is 0 Å². The van der Waals surface area contributed by atoms with Gasteiger partial charge in [0.05, 0.1) is 6.67 Å². The molecular weight excluding hydrogens is 96.0 g/mol. The van der Waals surface area contributed by atoms with Crippen molar-refractivity contribution in [2.45, 2.75) is 0 Å². The summed E-state index contributed by atoms with van der Waals surface area (Å²) in [7, 11) is 0. The van der Waals surface area contributed by atoms with E-state index in [0.29, 0.717) is 6.67 Å². The predicted molar refractivity (Wildman–Crippen MR) is 25.5 cm³/mol. The first kappa shape index (κ1) is 6.80. The molecule has 0 unspecified atom stereocenters. The number of hydrogen-bond donors (Lipinski definition) is 4. The topological polar surface area (TPSA) is 85.3 Å². The van der Waals surface area contributed by atoms with Gasteiger partial charge in [-0.2, -0.15) is 0 Å². The van der Waals surface area contributed by atoms with Crippen molar-refractivity contribution in [3.05, 3.63) is 0 Å². The van der Waals surface area contributed by atoms with Gasteiger partial charge in [-0.25, -0.2) is 16.7 Å². The monoisotopic (exact) mass is 106 g/mol. The molecule has 5 heteroatoms. The summed E-state index contributed by atoms with van der Waals surface area (Å²) in [5, 5.41) is 0. The minimum absolute atomic E-state index is 0.261. The predicted octanol–water partition coefficient (Wildman–Crippen LogP) is -2.16. The van der Waals surface area contributed by atoms with Crippen LogP contribution in [0.5, 0.6) is 0 Å². The summed E-state index contributed by atoms with van der Waals surface area (Å²) in [4.78, 5) is 4.11. The third-order valence-electron chi connectivity index (χ3n) is 0.383. The molecular formula is C2H10N4O. The molecule has 0 fully saturated rings. The average molecular weight is 106 g/mol. The van der Waals surface area contributed by atoms with Crippen LogP contribution in [0.2, 0.25) is 0 Å². The van der Waals surface area contributed by atoms with Crippen molar-refractivity contribution in [2.24, 2.45) is 11.6 Å². The summed E-state index contributed by atoms with van der Waals surface area (Å²) in [5.74, 6) is 4.63. The zero-order valence-corrected chi connectivity index (χ0v) is 3.98. The molecule has 0 aliphatic carbocycles. The second kappa shape index (κ2) is 5.80. The highest BCUT2D eigenvalue weighted by atomic mass is 16.6. The number of nitrogens with two attached hydrogens (primary N) is 2. The Balaban J connectivity index is 2.45. The van der Waals surface area contributed by atoms with E-state index >= 15 is 0 Å². The van der Waals surface area contributed by atoms with Crippen LogP contribution in [-0.4, -0.2) is 13.4 Å². The van der Waals surface area contributed by atoms with E-state index in [4.69, 9.17) is 5.73 Å². The summed E-state index contributed by atoms with van der Waals surface area (Å²) in [6.07, 6.45) is 0. The highest BCUT2D eigenvalue weighted by Crippen LogP contribution is 1.44. The lowest BCUT2D eigenvalue weighted by Crippen LogP contribution is -2.38. The van der Waals surface area contributed by atoms with Crippen molar-refractivity contribution >= 4 is 0 Å². The highest BCUT2D eigenvalue weighted by molar-refractivity contribution is 4.20. The van der Waals surface area contributed by atoms with Crippen molar-refractivity contribution in [1.29, 1.82) is 0 Å². The van der Waals surface area contributed by atoms with Crippen molar-refractivity contribution in [3.63, 3.8) is 0 Å². The standard InChI is InChI=1S/C2H10N4O/c3-1-5-6-2-7-4/h5-6H,1-4H2. The fraction of sp³-hybridized carbons (Fsp3) is 1.00. The van der Waals surface area contributed by atoms with Gasteiger partial charge in [-0.15, -0.1) is 0 Å². The van der Waals surface area contributed by atoms with Crippen molar-refractivity contribution in [3.8, 4) is 0 Å². The Labute approximate surface area is 41.9 Å². The van der Waals surface area contributed by atoms with Gasteiger partial charge in [-0.3, -0.25) is 4.84 Å². The first-order valence-electron chi connectivity index (χ1n) is 1.89. The maximum absolute atomic E-state index is 5.00. The quantitative estimate of drug-likeness (QED) is 0.186. The number of hydrazine groups is 1.